The second kappa shape index (κ2) is 8.70. The lowest BCUT2D eigenvalue weighted by molar-refractivity contribution is -0.118. The van der Waals surface area contributed by atoms with Gasteiger partial charge in [0.2, 0.25) is 0 Å². The monoisotopic (exact) mass is 634 g/mol. The fourth-order valence-electron chi connectivity index (χ4n) is 14.2. The number of piperidine rings is 2. The van der Waals surface area contributed by atoms with Crippen molar-refractivity contribution in [3.8, 4) is 0 Å². The van der Waals surface area contributed by atoms with E-state index in [-0.39, 0.29) is 40.8 Å². The van der Waals surface area contributed by atoms with Gasteiger partial charge in [0.25, 0.3) is 11.8 Å². The Morgan fingerprint density at radius 2 is 1.44 bits per heavy atom. The van der Waals surface area contributed by atoms with Crippen LogP contribution in [0.2, 0.25) is 0 Å². The molecule has 0 N–H and O–H groups in total. The minimum absolute atomic E-state index is 0.0143. The number of hydrogen-bond acceptors (Lipinski definition) is 4. The van der Waals surface area contributed by atoms with Gasteiger partial charge >= 0.3 is 0 Å². The Kier molecular flexibility index (Phi) is 4.91. The van der Waals surface area contributed by atoms with Crippen LogP contribution in [0.15, 0.2) is 95.6 Å². The molecule has 11 atom stereocenters. The highest BCUT2D eigenvalue weighted by atomic mass is 16.2. The SMILES string of the molecule is C/C=C1/CN2CC[C@@]34c5ccccc5N5C(=O)C([C@H]6C[C@]78c9ccccc9N9C(=O)C=C[C@H]([C@H]97)[C@H]7C[C@@H]8N6C/C7=C/C)=CC(C1CC23)[C@H]54. The van der Waals surface area contributed by atoms with E-state index in [4.69, 9.17) is 0 Å². The summed E-state index contributed by atoms with van der Waals surface area (Å²) in [6.07, 6.45) is 15.7. The van der Waals surface area contributed by atoms with Gasteiger partial charge in [0.1, 0.15) is 0 Å². The number of para-hydroxylation sites is 2. The molecule has 2 aliphatic carbocycles. The number of hydrogen-bond donors (Lipinski definition) is 0. The van der Waals surface area contributed by atoms with Gasteiger partial charge in [-0.25, -0.2) is 0 Å². The summed E-state index contributed by atoms with van der Waals surface area (Å²) in [6, 6.07) is 18.8. The fourth-order valence-corrected chi connectivity index (χ4v) is 14.2. The summed E-state index contributed by atoms with van der Waals surface area (Å²) in [4.78, 5) is 39.2. The molecule has 2 aromatic carbocycles. The number of nitrogens with zero attached hydrogens (tertiary/aromatic N) is 4. The lowest BCUT2D eigenvalue weighted by Gasteiger charge is -2.57. The highest BCUT2D eigenvalue weighted by Gasteiger charge is 2.73. The summed E-state index contributed by atoms with van der Waals surface area (Å²) >= 11 is 0. The Bertz CT molecular complexity index is 2010. The highest BCUT2D eigenvalue weighted by Crippen LogP contribution is 2.68. The van der Waals surface area contributed by atoms with E-state index in [0.29, 0.717) is 35.8 Å². The topological polar surface area (TPSA) is 47.1 Å². The van der Waals surface area contributed by atoms with Crippen molar-refractivity contribution >= 4 is 23.2 Å². The molecule has 4 saturated heterocycles. The molecule has 48 heavy (non-hydrogen) atoms. The van der Waals surface area contributed by atoms with Crippen LogP contribution in [-0.4, -0.2) is 71.5 Å². The van der Waals surface area contributed by atoms with Gasteiger partial charge in [-0.3, -0.25) is 19.4 Å². The Balaban J connectivity index is 1.07. The van der Waals surface area contributed by atoms with Gasteiger partial charge in [0, 0.05) is 70.8 Å². The van der Waals surface area contributed by atoms with Crippen LogP contribution in [0.1, 0.15) is 50.7 Å². The molecule has 12 rings (SSSR count). The highest BCUT2D eigenvalue weighted by molar-refractivity contribution is 6.10. The van der Waals surface area contributed by atoms with Crippen molar-refractivity contribution in [2.24, 2.45) is 23.7 Å². The van der Waals surface area contributed by atoms with Crippen molar-refractivity contribution in [3.05, 3.63) is 107 Å². The maximum absolute atomic E-state index is 15.5. The first-order valence-corrected chi connectivity index (χ1v) is 18.6. The molecule has 6 nitrogen and oxygen atoms in total. The first-order valence-electron chi connectivity index (χ1n) is 18.6. The first-order chi connectivity index (χ1) is 23.5. The van der Waals surface area contributed by atoms with Gasteiger partial charge in [-0.2, -0.15) is 0 Å². The predicted molar refractivity (Wildman–Crippen MR) is 186 cm³/mol. The van der Waals surface area contributed by atoms with Crippen molar-refractivity contribution in [2.45, 2.75) is 80.6 Å². The molecule has 3 unspecified atom stereocenters. The van der Waals surface area contributed by atoms with Crippen LogP contribution in [0.3, 0.4) is 0 Å². The quantitative estimate of drug-likeness (QED) is 0.389. The number of carbonyl (C=O) groups excluding carboxylic acids is 2. The summed E-state index contributed by atoms with van der Waals surface area (Å²) in [7, 11) is 0. The molecule has 2 saturated carbocycles. The average Bonchev–Trinajstić information content (AvgIpc) is 3.85. The Labute approximate surface area is 282 Å². The number of benzene rings is 2. The standard InChI is InChI=1S/C42H42N4O2/c1-3-23-21-43-16-15-41-30-9-5-8-12-33(30)46-39(41)28(27(23)18-35(41)43)17-29(40(46)48)34-20-42-31-10-6-7-11-32(31)45-37(47)14-13-25(38(42)45)26-19-36(42)44(34)22-24(26)4-2/h3-14,17,25-28,34-36,38-39H,15-16,18-22H2,1-2H3/b23-3-,24-4-/t25-,26-,27?,28?,34+,35?,36-,38-,39-,41+,42+/m0/s1. The van der Waals surface area contributed by atoms with Gasteiger partial charge in [-0.1, -0.05) is 71.8 Å². The van der Waals surface area contributed by atoms with E-state index >= 15 is 4.79 Å². The van der Waals surface area contributed by atoms with E-state index in [1.165, 1.54) is 28.8 Å². The van der Waals surface area contributed by atoms with Crippen molar-refractivity contribution in [2.75, 3.05) is 29.4 Å². The second-order valence-electron chi connectivity index (χ2n) is 16.6. The number of rotatable bonds is 1. The number of fused-ring (bicyclic) bond motifs is 8. The van der Waals surface area contributed by atoms with Crippen molar-refractivity contribution in [1.29, 1.82) is 0 Å². The summed E-state index contributed by atoms with van der Waals surface area (Å²) in [5.41, 5.74) is 8.92. The van der Waals surface area contributed by atoms with Gasteiger partial charge in [0.05, 0.1) is 12.1 Å². The van der Waals surface area contributed by atoms with Gasteiger partial charge in [-0.15, -0.1) is 0 Å². The Morgan fingerprint density at radius 1 is 0.771 bits per heavy atom. The number of carbonyl (C=O) groups is 2. The molecule has 8 aliphatic heterocycles. The molecule has 2 amide bonds. The minimum atomic E-state index is -0.187. The molecule has 4 bridgehead atoms. The summed E-state index contributed by atoms with van der Waals surface area (Å²) in [5, 5.41) is 0. The van der Waals surface area contributed by atoms with E-state index in [1.807, 2.05) is 6.08 Å². The smallest absolute Gasteiger partial charge is 0.255 e. The molecule has 0 aromatic heterocycles. The third-order valence-electron chi connectivity index (χ3n) is 15.7. The third-order valence-corrected chi connectivity index (χ3v) is 15.7. The normalized spacial score (nSPS) is 45.5. The number of allylic oxidation sites excluding steroid dienone is 2. The van der Waals surface area contributed by atoms with Gasteiger partial charge in [-0.05, 0) is 87.2 Å². The molecule has 2 aromatic rings. The fraction of sp³-hybridized carbons (Fsp3) is 0.476. The molecule has 10 aliphatic rings. The second-order valence-corrected chi connectivity index (χ2v) is 16.6. The zero-order chi connectivity index (χ0) is 31.8. The largest absolute Gasteiger partial charge is 0.304 e. The summed E-state index contributed by atoms with van der Waals surface area (Å²) in [5.74, 6) is 1.87. The molecular weight excluding hydrogens is 592 g/mol. The molecule has 242 valence electrons. The molecular formula is C42H42N4O2. The van der Waals surface area contributed by atoms with E-state index in [9.17, 15) is 4.79 Å². The van der Waals surface area contributed by atoms with Crippen molar-refractivity contribution in [3.63, 3.8) is 0 Å². The maximum atomic E-state index is 15.5. The summed E-state index contributed by atoms with van der Waals surface area (Å²) in [6.45, 7) is 7.52. The zero-order valence-corrected chi connectivity index (χ0v) is 27.8. The Morgan fingerprint density at radius 3 is 2.23 bits per heavy atom. The zero-order valence-electron chi connectivity index (χ0n) is 27.8. The molecule has 0 radical (unpaired) electrons. The molecule has 8 heterocycles. The number of amides is 2. The van der Waals surface area contributed by atoms with E-state index in [1.54, 1.807) is 5.57 Å². The van der Waals surface area contributed by atoms with Crippen LogP contribution in [0, 0.1) is 23.7 Å². The third kappa shape index (κ3) is 2.73. The minimum Gasteiger partial charge on any atom is -0.304 e. The van der Waals surface area contributed by atoms with Crippen LogP contribution in [0.25, 0.3) is 0 Å². The lowest BCUT2D eigenvalue weighted by Crippen LogP contribution is -2.66. The van der Waals surface area contributed by atoms with E-state index in [0.717, 1.165) is 50.2 Å². The van der Waals surface area contributed by atoms with Crippen LogP contribution in [0.5, 0.6) is 0 Å². The first kappa shape index (κ1) is 27.1. The van der Waals surface area contributed by atoms with E-state index < -0.39 is 0 Å². The van der Waals surface area contributed by atoms with Crippen LogP contribution in [0.4, 0.5) is 11.4 Å². The van der Waals surface area contributed by atoms with Crippen molar-refractivity contribution < 1.29 is 9.59 Å². The molecule has 2 spiro atoms. The lowest BCUT2D eigenvalue weighted by atomic mass is 9.54. The van der Waals surface area contributed by atoms with E-state index in [2.05, 4.69) is 106 Å². The van der Waals surface area contributed by atoms with Crippen LogP contribution in [-0.2, 0) is 20.4 Å². The number of anilines is 2. The van der Waals surface area contributed by atoms with Crippen LogP contribution < -0.4 is 9.80 Å². The predicted octanol–water partition coefficient (Wildman–Crippen LogP) is 5.51. The Hall–Kier alpha value is -3.74. The summed E-state index contributed by atoms with van der Waals surface area (Å²) < 4.78 is 0. The van der Waals surface area contributed by atoms with Crippen LogP contribution >= 0.6 is 0 Å². The molecule has 6 fully saturated rings. The maximum Gasteiger partial charge on any atom is 0.255 e. The average molecular weight is 635 g/mol. The molecule has 6 heteroatoms. The van der Waals surface area contributed by atoms with Gasteiger partial charge < -0.3 is 9.80 Å². The van der Waals surface area contributed by atoms with Gasteiger partial charge in [0.15, 0.2) is 0 Å². The van der Waals surface area contributed by atoms with Crippen molar-refractivity contribution in [1.82, 2.24) is 9.80 Å².